The molecule has 0 unspecified atom stereocenters. The van der Waals surface area contributed by atoms with Crippen molar-refractivity contribution >= 4 is 5.82 Å². The minimum atomic E-state index is -4.32. The van der Waals surface area contributed by atoms with Crippen molar-refractivity contribution in [1.82, 2.24) is 14.8 Å². The average molecular weight is 394 g/mol. The molecule has 0 saturated heterocycles. The first-order valence-electron chi connectivity index (χ1n) is 9.42. The molecular formula is C21H29F3N4. The maximum absolute atomic E-state index is 12.7. The monoisotopic (exact) mass is 394 g/mol. The standard InChI is InChI=1S/C21H29F3N4/c1-5-28(14-12-26(2)3)15-13-27(4)20-11-8-18(16-25-20)17-6-9-19(10-7-17)21(22,23)24/h6-11,16H,5,12-15H2,1-4H3. The molecule has 7 heteroatoms. The SMILES string of the molecule is CCN(CCN(C)C)CCN(C)c1ccc(-c2ccc(C(F)(F)F)cc2)cn1. The molecule has 0 aliphatic rings. The molecular weight excluding hydrogens is 365 g/mol. The van der Waals surface area contributed by atoms with Crippen LogP contribution in [-0.4, -0.2) is 68.7 Å². The van der Waals surface area contributed by atoms with Crippen molar-refractivity contribution in [1.29, 1.82) is 0 Å². The van der Waals surface area contributed by atoms with Crippen LogP contribution in [0.3, 0.4) is 0 Å². The second kappa shape index (κ2) is 9.89. The molecule has 2 aromatic rings. The van der Waals surface area contributed by atoms with Crippen molar-refractivity contribution in [3.63, 3.8) is 0 Å². The molecule has 154 valence electrons. The van der Waals surface area contributed by atoms with Gasteiger partial charge in [0.2, 0.25) is 0 Å². The molecule has 1 aromatic carbocycles. The summed E-state index contributed by atoms with van der Waals surface area (Å²) in [5.74, 6) is 0.847. The predicted molar refractivity (Wildman–Crippen MR) is 109 cm³/mol. The summed E-state index contributed by atoms with van der Waals surface area (Å²) in [7, 11) is 6.14. The number of anilines is 1. The Bertz CT molecular complexity index is 712. The zero-order valence-electron chi connectivity index (χ0n) is 17.0. The molecule has 0 fully saturated rings. The summed E-state index contributed by atoms with van der Waals surface area (Å²) in [6.45, 7) is 7.01. The van der Waals surface area contributed by atoms with E-state index in [0.29, 0.717) is 0 Å². The molecule has 0 N–H and O–H groups in total. The highest BCUT2D eigenvalue weighted by molar-refractivity contribution is 5.64. The van der Waals surface area contributed by atoms with Crippen LogP contribution in [-0.2, 0) is 6.18 Å². The highest BCUT2D eigenvalue weighted by atomic mass is 19.4. The van der Waals surface area contributed by atoms with Gasteiger partial charge in [-0.05, 0) is 50.5 Å². The van der Waals surface area contributed by atoms with Crippen molar-refractivity contribution in [2.45, 2.75) is 13.1 Å². The molecule has 2 rings (SSSR count). The molecule has 0 amide bonds. The first-order valence-corrected chi connectivity index (χ1v) is 9.42. The van der Waals surface area contributed by atoms with E-state index in [1.807, 2.05) is 19.2 Å². The third-order valence-electron chi connectivity index (χ3n) is 4.75. The van der Waals surface area contributed by atoms with Crippen LogP contribution in [0.1, 0.15) is 12.5 Å². The van der Waals surface area contributed by atoms with E-state index in [0.717, 1.165) is 61.8 Å². The predicted octanol–water partition coefficient (Wildman–Crippen LogP) is 4.09. The number of likely N-dealkylation sites (N-methyl/N-ethyl adjacent to an activating group) is 3. The molecule has 0 radical (unpaired) electrons. The van der Waals surface area contributed by atoms with Gasteiger partial charge < -0.3 is 14.7 Å². The maximum Gasteiger partial charge on any atom is 0.416 e. The van der Waals surface area contributed by atoms with Gasteiger partial charge in [0.25, 0.3) is 0 Å². The number of pyridine rings is 1. The minimum absolute atomic E-state index is 0.643. The van der Waals surface area contributed by atoms with Crippen LogP contribution in [0.2, 0.25) is 0 Å². The lowest BCUT2D eigenvalue weighted by atomic mass is 10.1. The molecule has 0 bridgehead atoms. The Balaban J connectivity index is 1.95. The van der Waals surface area contributed by atoms with E-state index in [9.17, 15) is 13.2 Å². The summed E-state index contributed by atoms with van der Waals surface area (Å²) < 4.78 is 38.0. The second-order valence-corrected chi connectivity index (χ2v) is 7.14. The molecule has 0 aliphatic carbocycles. The van der Waals surface area contributed by atoms with Gasteiger partial charge in [-0.25, -0.2) is 4.98 Å². The summed E-state index contributed by atoms with van der Waals surface area (Å²) in [5.41, 5.74) is 0.873. The lowest BCUT2D eigenvalue weighted by Crippen LogP contribution is -2.37. The Hall–Kier alpha value is -2.12. The van der Waals surface area contributed by atoms with E-state index >= 15 is 0 Å². The second-order valence-electron chi connectivity index (χ2n) is 7.14. The first-order chi connectivity index (χ1) is 13.2. The van der Waals surface area contributed by atoms with Crippen LogP contribution in [0.5, 0.6) is 0 Å². The highest BCUT2D eigenvalue weighted by Crippen LogP contribution is 2.31. The molecule has 0 atom stereocenters. The number of alkyl halides is 3. The van der Waals surface area contributed by atoms with Gasteiger partial charge in [-0.2, -0.15) is 13.2 Å². The van der Waals surface area contributed by atoms with Gasteiger partial charge >= 0.3 is 6.18 Å². The van der Waals surface area contributed by atoms with Gasteiger partial charge in [0.15, 0.2) is 0 Å². The van der Waals surface area contributed by atoms with Crippen LogP contribution >= 0.6 is 0 Å². The van der Waals surface area contributed by atoms with Gasteiger partial charge in [0.1, 0.15) is 5.82 Å². The molecule has 1 aromatic heterocycles. The number of halogens is 3. The molecule has 0 spiro atoms. The molecule has 28 heavy (non-hydrogen) atoms. The zero-order chi connectivity index (χ0) is 20.7. The average Bonchev–Trinajstić information content (AvgIpc) is 2.67. The van der Waals surface area contributed by atoms with E-state index in [-0.39, 0.29) is 0 Å². The first kappa shape index (κ1) is 22.2. The lowest BCUT2D eigenvalue weighted by molar-refractivity contribution is -0.137. The number of rotatable bonds is 9. The normalized spacial score (nSPS) is 12.0. The molecule has 1 heterocycles. The fraction of sp³-hybridized carbons (Fsp3) is 0.476. The van der Waals surface area contributed by atoms with E-state index < -0.39 is 11.7 Å². The summed E-state index contributed by atoms with van der Waals surface area (Å²) in [6.07, 6.45) is -2.61. The Kier molecular flexibility index (Phi) is 7.83. The number of benzene rings is 1. The Morgan fingerprint density at radius 1 is 0.821 bits per heavy atom. The van der Waals surface area contributed by atoms with Crippen molar-refractivity contribution in [3.05, 3.63) is 48.2 Å². The Morgan fingerprint density at radius 2 is 1.43 bits per heavy atom. The third kappa shape index (κ3) is 6.49. The summed E-state index contributed by atoms with van der Waals surface area (Å²) >= 11 is 0. The molecule has 4 nitrogen and oxygen atoms in total. The quantitative estimate of drug-likeness (QED) is 0.639. The van der Waals surface area contributed by atoms with Crippen LogP contribution < -0.4 is 4.90 Å². The van der Waals surface area contributed by atoms with E-state index in [1.165, 1.54) is 12.1 Å². The van der Waals surface area contributed by atoms with Crippen LogP contribution in [0, 0.1) is 0 Å². The minimum Gasteiger partial charge on any atom is -0.358 e. The summed E-state index contributed by atoms with van der Waals surface area (Å²) in [4.78, 5) is 11.1. The smallest absolute Gasteiger partial charge is 0.358 e. The van der Waals surface area contributed by atoms with E-state index in [1.54, 1.807) is 6.20 Å². The largest absolute Gasteiger partial charge is 0.416 e. The van der Waals surface area contributed by atoms with Crippen molar-refractivity contribution in [2.24, 2.45) is 0 Å². The number of hydrogen-bond acceptors (Lipinski definition) is 4. The topological polar surface area (TPSA) is 22.6 Å². The summed E-state index contributed by atoms with van der Waals surface area (Å²) in [6, 6.07) is 8.96. The van der Waals surface area contributed by atoms with Crippen LogP contribution in [0.4, 0.5) is 19.0 Å². The van der Waals surface area contributed by atoms with Crippen molar-refractivity contribution in [2.75, 3.05) is 58.8 Å². The summed E-state index contributed by atoms with van der Waals surface area (Å²) in [5, 5.41) is 0. The van der Waals surface area contributed by atoms with Crippen molar-refractivity contribution in [3.8, 4) is 11.1 Å². The molecule has 0 aliphatic heterocycles. The fourth-order valence-electron chi connectivity index (χ4n) is 2.81. The Morgan fingerprint density at radius 3 is 1.93 bits per heavy atom. The van der Waals surface area contributed by atoms with Gasteiger partial charge in [0, 0.05) is 45.0 Å². The number of aromatic nitrogens is 1. The zero-order valence-corrected chi connectivity index (χ0v) is 17.0. The number of nitrogens with zero attached hydrogens (tertiary/aromatic N) is 4. The Labute approximate surface area is 165 Å². The van der Waals surface area contributed by atoms with Gasteiger partial charge in [-0.15, -0.1) is 0 Å². The van der Waals surface area contributed by atoms with Crippen molar-refractivity contribution < 1.29 is 13.2 Å². The van der Waals surface area contributed by atoms with Crippen LogP contribution in [0.15, 0.2) is 42.6 Å². The van der Waals surface area contributed by atoms with Gasteiger partial charge in [-0.1, -0.05) is 19.1 Å². The number of hydrogen-bond donors (Lipinski definition) is 0. The molecule has 0 saturated carbocycles. The lowest BCUT2D eigenvalue weighted by Gasteiger charge is -2.26. The van der Waals surface area contributed by atoms with E-state index in [2.05, 4.69) is 40.7 Å². The maximum atomic E-state index is 12.7. The third-order valence-corrected chi connectivity index (χ3v) is 4.75. The van der Waals surface area contributed by atoms with Gasteiger partial charge in [0.05, 0.1) is 5.56 Å². The fourth-order valence-corrected chi connectivity index (χ4v) is 2.81. The van der Waals surface area contributed by atoms with E-state index in [4.69, 9.17) is 0 Å². The van der Waals surface area contributed by atoms with Gasteiger partial charge in [-0.3, -0.25) is 0 Å². The van der Waals surface area contributed by atoms with Crippen LogP contribution in [0.25, 0.3) is 11.1 Å². The highest BCUT2D eigenvalue weighted by Gasteiger charge is 2.29.